The molecule has 0 spiro atoms. The normalized spacial score (nSPS) is 11.7. The van der Waals surface area contributed by atoms with E-state index in [1.807, 2.05) is 54.5 Å². The first-order chi connectivity index (χ1) is 13.1. The molecule has 0 aliphatic heterocycles. The Morgan fingerprint density at radius 3 is 2.56 bits per heavy atom. The minimum Gasteiger partial charge on any atom is -0.337 e. The maximum Gasteiger partial charge on any atom is 0.162 e. The van der Waals surface area contributed by atoms with Crippen molar-refractivity contribution in [3.05, 3.63) is 72.7 Å². The van der Waals surface area contributed by atoms with E-state index in [-0.39, 0.29) is 0 Å². The molecule has 0 saturated carbocycles. The van der Waals surface area contributed by atoms with Crippen LogP contribution in [0.3, 0.4) is 0 Å². The highest BCUT2D eigenvalue weighted by atomic mass is 15.2. The van der Waals surface area contributed by atoms with Crippen LogP contribution in [0.15, 0.2) is 61.3 Å². The van der Waals surface area contributed by atoms with Gasteiger partial charge in [-0.15, -0.1) is 0 Å². The lowest BCUT2D eigenvalue weighted by Gasteiger charge is -2.26. The molecular weight excluding hydrogens is 336 g/mol. The smallest absolute Gasteiger partial charge is 0.162 e. The summed E-state index contributed by atoms with van der Waals surface area (Å²) in [7, 11) is 2.03. The molecule has 4 aromatic rings. The molecule has 0 unspecified atom stereocenters. The van der Waals surface area contributed by atoms with Crippen molar-refractivity contribution in [3.63, 3.8) is 0 Å². The Morgan fingerprint density at radius 1 is 1.04 bits per heavy atom. The Balaban J connectivity index is 1.59. The van der Waals surface area contributed by atoms with Crippen molar-refractivity contribution in [2.24, 2.45) is 7.05 Å². The lowest BCUT2D eigenvalue weighted by atomic mass is 10.1. The number of hydrogen-bond acceptors (Lipinski definition) is 4. The van der Waals surface area contributed by atoms with Crippen molar-refractivity contribution in [2.45, 2.75) is 33.0 Å². The fourth-order valence-corrected chi connectivity index (χ4v) is 3.20. The highest BCUT2D eigenvalue weighted by Crippen LogP contribution is 2.23. The molecule has 0 N–H and O–H groups in total. The standard InChI is InChI=1S/C21H24N6/c1-16(2)26(15-20-22-9-10-25(20)3)13-17-11-23-21-19(12-24-27(21)14-17)18-7-5-4-6-8-18/h4-12,14,16H,13,15H2,1-3H3. The van der Waals surface area contributed by atoms with Gasteiger partial charge in [-0.05, 0) is 19.4 Å². The molecule has 0 aliphatic rings. The average molecular weight is 360 g/mol. The van der Waals surface area contributed by atoms with Gasteiger partial charge in [-0.3, -0.25) is 4.90 Å². The Labute approximate surface area is 159 Å². The fourth-order valence-electron chi connectivity index (χ4n) is 3.20. The largest absolute Gasteiger partial charge is 0.337 e. The topological polar surface area (TPSA) is 51.3 Å². The van der Waals surface area contributed by atoms with Crippen molar-refractivity contribution < 1.29 is 0 Å². The molecule has 0 aliphatic carbocycles. The van der Waals surface area contributed by atoms with Gasteiger partial charge in [-0.2, -0.15) is 5.10 Å². The van der Waals surface area contributed by atoms with Crippen LogP contribution in [0.1, 0.15) is 25.2 Å². The summed E-state index contributed by atoms with van der Waals surface area (Å²) in [5, 5.41) is 4.52. The molecule has 0 radical (unpaired) electrons. The van der Waals surface area contributed by atoms with Gasteiger partial charge in [-0.1, -0.05) is 30.3 Å². The van der Waals surface area contributed by atoms with Gasteiger partial charge < -0.3 is 4.57 Å². The third-order valence-electron chi connectivity index (χ3n) is 4.88. The lowest BCUT2D eigenvalue weighted by Crippen LogP contribution is -2.31. The monoisotopic (exact) mass is 360 g/mol. The maximum absolute atomic E-state index is 4.70. The quantitative estimate of drug-likeness (QED) is 0.528. The van der Waals surface area contributed by atoms with E-state index in [2.05, 4.69) is 51.7 Å². The lowest BCUT2D eigenvalue weighted by molar-refractivity contribution is 0.196. The van der Waals surface area contributed by atoms with Crippen molar-refractivity contribution in [1.82, 2.24) is 29.0 Å². The molecule has 0 atom stereocenters. The molecule has 3 heterocycles. The van der Waals surface area contributed by atoms with Crippen LogP contribution < -0.4 is 0 Å². The Hall–Kier alpha value is -2.99. The molecule has 138 valence electrons. The summed E-state index contributed by atoms with van der Waals surface area (Å²) < 4.78 is 3.94. The van der Waals surface area contributed by atoms with Gasteiger partial charge in [0.05, 0.1) is 12.7 Å². The predicted molar refractivity (Wildman–Crippen MR) is 106 cm³/mol. The molecule has 0 bridgehead atoms. The minimum absolute atomic E-state index is 0.398. The number of imidazole rings is 1. The van der Waals surface area contributed by atoms with E-state index in [9.17, 15) is 0 Å². The number of benzene rings is 1. The zero-order valence-electron chi connectivity index (χ0n) is 15.9. The Kier molecular flexibility index (Phi) is 4.73. The third kappa shape index (κ3) is 3.61. The zero-order valence-corrected chi connectivity index (χ0v) is 15.9. The van der Waals surface area contributed by atoms with Crippen molar-refractivity contribution in [1.29, 1.82) is 0 Å². The number of rotatable bonds is 6. The van der Waals surface area contributed by atoms with E-state index in [1.165, 1.54) is 0 Å². The van der Waals surface area contributed by atoms with Gasteiger partial charge >= 0.3 is 0 Å². The average Bonchev–Trinajstić information content (AvgIpc) is 3.27. The number of hydrogen-bond donors (Lipinski definition) is 0. The van der Waals surface area contributed by atoms with E-state index < -0.39 is 0 Å². The Bertz CT molecular complexity index is 1030. The van der Waals surface area contributed by atoms with Crippen LogP contribution in [0.4, 0.5) is 0 Å². The first-order valence-electron chi connectivity index (χ1n) is 9.20. The van der Waals surface area contributed by atoms with E-state index in [1.54, 1.807) is 0 Å². The van der Waals surface area contributed by atoms with Crippen molar-refractivity contribution in [3.8, 4) is 11.1 Å². The van der Waals surface area contributed by atoms with Crippen LogP contribution in [-0.4, -0.2) is 35.1 Å². The van der Waals surface area contributed by atoms with Gasteiger partial charge in [0.15, 0.2) is 5.65 Å². The summed E-state index contributed by atoms with van der Waals surface area (Å²) in [5.74, 6) is 1.06. The summed E-state index contributed by atoms with van der Waals surface area (Å²) in [5.41, 5.74) is 4.19. The van der Waals surface area contributed by atoms with Crippen LogP contribution in [0, 0.1) is 0 Å². The number of nitrogens with zero attached hydrogens (tertiary/aromatic N) is 6. The van der Waals surface area contributed by atoms with Crippen LogP contribution in [-0.2, 0) is 20.1 Å². The van der Waals surface area contributed by atoms with E-state index >= 15 is 0 Å². The molecule has 6 nitrogen and oxygen atoms in total. The molecular formula is C21H24N6. The van der Waals surface area contributed by atoms with Crippen molar-refractivity contribution >= 4 is 5.65 Å². The van der Waals surface area contributed by atoms with E-state index in [0.29, 0.717) is 6.04 Å². The molecule has 6 heteroatoms. The molecule has 3 aromatic heterocycles. The summed E-state index contributed by atoms with van der Waals surface area (Å²) >= 11 is 0. The number of aromatic nitrogens is 5. The first kappa shape index (κ1) is 17.4. The minimum atomic E-state index is 0.398. The molecule has 4 rings (SSSR count). The summed E-state index contributed by atoms with van der Waals surface area (Å²) in [4.78, 5) is 11.5. The van der Waals surface area contributed by atoms with Crippen LogP contribution in [0.25, 0.3) is 16.8 Å². The Morgan fingerprint density at radius 2 is 1.85 bits per heavy atom. The highest BCUT2D eigenvalue weighted by molar-refractivity contribution is 5.76. The summed E-state index contributed by atoms with van der Waals surface area (Å²) in [6.07, 6.45) is 9.74. The maximum atomic E-state index is 4.70. The second kappa shape index (κ2) is 7.32. The van der Waals surface area contributed by atoms with Gasteiger partial charge in [0, 0.05) is 55.5 Å². The van der Waals surface area contributed by atoms with Gasteiger partial charge in [0.2, 0.25) is 0 Å². The van der Waals surface area contributed by atoms with Crippen LogP contribution in [0.2, 0.25) is 0 Å². The van der Waals surface area contributed by atoms with E-state index in [0.717, 1.165) is 41.3 Å². The van der Waals surface area contributed by atoms with Crippen LogP contribution in [0.5, 0.6) is 0 Å². The highest BCUT2D eigenvalue weighted by Gasteiger charge is 2.15. The summed E-state index contributed by atoms with van der Waals surface area (Å²) in [6, 6.07) is 10.6. The van der Waals surface area contributed by atoms with Gasteiger partial charge in [0.25, 0.3) is 0 Å². The molecule has 0 amide bonds. The van der Waals surface area contributed by atoms with Gasteiger partial charge in [-0.25, -0.2) is 14.5 Å². The number of fused-ring (bicyclic) bond motifs is 1. The first-order valence-corrected chi connectivity index (χ1v) is 9.20. The molecule has 27 heavy (non-hydrogen) atoms. The molecule has 0 saturated heterocycles. The second-order valence-electron chi connectivity index (χ2n) is 7.11. The molecule has 1 aromatic carbocycles. The third-order valence-corrected chi connectivity index (χ3v) is 4.88. The summed E-state index contributed by atoms with van der Waals surface area (Å²) in [6.45, 7) is 6.01. The fraction of sp³-hybridized carbons (Fsp3) is 0.286. The predicted octanol–water partition coefficient (Wildman–Crippen LogP) is 3.54. The SMILES string of the molecule is CC(C)N(Cc1cnc2c(-c3ccccc3)cnn2c1)Cc1nccn1C. The number of aryl methyl sites for hydroxylation is 1. The second-order valence-corrected chi connectivity index (χ2v) is 7.11. The molecule has 0 fully saturated rings. The zero-order chi connectivity index (χ0) is 18.8. The van der Waals surface area contributed by atoms with Crippen molar-refractivity contribution in [2.75, 3.05) is 0 Å². The van der Waals surface area contributed by atoms with Crippen LogP contribution >= 0.6 is 0 Å². The van der Waals surface area contributed by atoms with Gasteiger partial charge in [0.1, 0.15) is 5.82 Å². The van der Waals surface area contributed by atoms with E-state index in [4.69, 9.17) is 4.98 Å².